The van der Waals surface area contributed by atoms with Crippen LogP contribution in [0.3, 0.4) is 0 Å². The first kappa shape index (κ1) is 14.2. The van der Waals surface area contributed by atoms with Crippen molar-refractivity contribution in [2.24, 2.45) is 0 Å². The number of hydrogen-bond acceptors (Lipinski definition) is 5. The number of anilines is 1. The van der Waals surface area contributed by atoms with Gasteiger partial charge < -0.3 is 0 Å². The molecular weight excluding hydrogens is 302 g/mol. The molecule has 0 atom stereocenters. The minimum atomic E-state index is -0.114. The SMILES string of the molecule is CC(C)c1nc(C(=O)N(C)c2nc3ccccc3s2)cs1. The molecule has 1 aromatic carbocycles. The molecule has 3 aromatic rings. The Kier molecular flexibility index (Phi) is 3.73. The van der Waals surface area contributed by atoms with Gasteiger partial charge in [0.2, 0.25) is 0 Å². The lowest BCUT2D eigenvalue weighted by atomic mass is 10.2. The molecule has 1 amide bonds. The standard InChI is InChI=1S/C15H15N3OS2/c1-9(2)13-16-11(8-20-13)14(19)18(3)15-17-10-6-4-5-7-12(10)21-15/h4-9H,1-3H3. The maximum absolute atomic E-state index is 12.5. The number of para-hydroxylation sites is 1. The molecule has 0 radical (unpaired) electrons. The van der Waals surface area contributed by atoms with Gasteiger partial charge in [0.1, 0.15) is 5.69 Å². The van der Waals surface area contributed by atoms with Crippen LogP contribution in [0.4, 0.5) is 5.13 Å². The third-order valence-electron chi connectivity index (χ3n) is 3.11. The van der Waals surface area contributed by atoms with Crippen molar-refractivity contribution in [3.63, 3.8) is 0 Å². The number of hydrogen-bond donors (Lipinski definition) is 0. The van der Waals surface area contributed by atoms with Gasteiger partial charge in [0.15, 0.2) is 5.13 Å². The molecule has 0 unspecified atom stereocenters. The maximum Gasteiger partial charge on any atom is 0.279 e. The second-order valence-corrected chi connectivity index (χ2v) is 6.95. The molecule has 0 aliphatic heterocycles. The van der Waals surface area contributed by atoms with Crippen LogP contribution in [-0.4, -0.2) is 22.9 Å². The molecule has 4 nitrogen and oxygen atoms in total. The van der Waals surface area contributed by atoms with Gasteiger partial charge in [-0.15, -0.1) is 11.3 Å². The predicted octanol–water partition coefficient (Wildman–Crippen LogP) is 4.15. The zero-order valence-electron chi connectivity index (χ0n) is 12.0. The fourth-order valence-electron chi connectivity index (χ4n) is 1.91. The fraction of sp³-hybridized carbons (Fsp3) is 0.267. The van der Waals surface area contributed by atoms with Crippen LogP contribution in [0.2, 0.25) is 0 Å². The van der Waals surface area contributed by atoms with Crippen molar-refractivity contribution in [1.82, 2.24) is 9.97 Å². The highest BCUT2D eigenvalue weighted by Crippen LogP contribution is 2.29. The summed E-state index contributed by atoms with van der Waals surface area (Å²) >= 11 is 3.04. The van der Waals surface area contributed by atoms with Gasteiger partial charge in [0.05, 0.1) is 15.2 Å². The van der Waals surface area contributed by atoms with E-state index in [2.05, 4.69) is 23.8 Å². The first-order chi connectivity index (χ1) is 10.1. The first-order valence-corrected chi connectivity index (χ1v) is 8.35. The quantitative estimate of drug-likeness (QED) is 0.729. The Balaban J connectivity index is 1.89. The lowest BCUT2D eigenvalue weighted by Gasteiger charge is -2.11. The molecule has 108 valence electrons. The van der Waals surface area contributed by atoms with Gasteiger partial charge in [0.25, 0.3) is 5.91 Å². The largest absolute Gasteiger partial charge is 0.286 e. The molecular formula is C15H15N3OS2. The Morgan fingerprint density at radius 2 is 2.00 bits per heavy atom. The Hall–Kier alpha value is -1.79. The van der Waals surface area contributed by atoms with Gasteiger partial charge in [-0.2, -0.15) is 0 Å². The van der Waals surface area contributed by atoms with Crippen molar-refractivity contribution in [3.8, 4) is 0 Å². The Labute approximate surface area is 131 Å². The number of fused-ring (bicyclic) bond motifs is 1. The van der Waals surface area contributed by atoms with Gasteiger partial charge >= 0.3 is 0 Å². The predicted molar refractivity (Wildman–Crippen MR) is 88.6 cm³/mol. The molecule has 6 heteroatoms. The van der Waals surface area contributed by atoms with Crippen LogP contribution in [0, 0.1) is 0 Å². The molecule has 2 heterocycles. The minimum absolute atomic E-state index is 0.114. The lowest BCUT2D eigenvalue weighted by molar-refractivity contribution is 0.0989. The zero-order chi connectivity index (χ0) is 15.0. The highest BCUT2D eigenvalue weighted by molar-refractivity contribution is 7.22. The summed E-state index contributed by atoms with van der Waals surface area (Å²) in [6, 6.07) is 7.88. The van der Waals surface area contributed by atoms with Crippen molar-refractivity contribution in [3.05, 3.63) is 40.3 Å². The van der Waals surface area contributed by atoms with Crippen molar-refractivity contribution in [1.29, 1.82) is 0 Å². The number of amides is 1. The van der Waals surface area contributed by atoms with E-state index in [0.29, 0.717) is 16.7 Å². The average Bonchev–Trinajstić information content (AvgIpc) is 3.12. The summed E-state index contributed by atoms with van der Waals surface area (Å²) in [5.74, 6) is 0.224. The molecule has 0 bridgehead atoms. The average molecular weight is 317 g/mol. The summed E-state index contributed by atoms with van der Waals surface area (Å²) in [6.45, 7) is 4.15. The number of carbonyl (C=O) groups is 1. The second-order valence-electron chi connectivity index (χ2n) is 5.05. The fourth-order valence-corrected chi connectivity index (χ4v) is 3.65. The third kappa shape index (κ3) is 2.69. The summed E-state index contributed by atoms with van der Waals surface area (Å²) in [7, 11) is 1.74. The van der Waals surface area contributed by atoms with E-state index in [0.717, 1.165) is 15.2 Å². The summed E-state index contributed by atoms with van der Waals surface area (Å²) in [4.78, 5) is 23.0. The number of aromatic nitrogens is 2. The van der Waals surface area contributed by atoms with Crippen molar-refractivity contribution in [2.75, 3.05) is 11.9 Å². The van der Waals surface area contributed by atoms with Crippen LogP contribution in [0.5, 0.6) is 0 Å². The highest BCUT2D eigenvalue weighted by Gasteiger charge is 2.20. The van der Waals surface area contributed by atoms with Gasteiger partial charge in [-0.25, -0.2) is 9.97 Å². The van der Waals surface area contributed by atoms with E-state index in [9.17, 15) is 4.79 Å². The second kappa shape index (κ2) is 5.54. The number of carbonyl (C=O) groups excluding carboxylic acids is 1. The molecule has 0 saturated carbocycles. The Bertz CT molecular complexity index is 758. The van der Waals surface area contributed by atoms with Crippen molar-refractivity contribution in [2.45, 2.75) is 19.8 Å². The van der Waals surface area contributed by atoms with Gasteiger partial charge in [0, 0.05) is 18.3 Å². The van der Waals surface area contributed by atoms with E-state index in [1.165, 1.54) is 22.7 Å². The normalized spacial score (nSPS) is 11.2. The summed E-state index contributed by atoms with van der Waals surface area (Å²) in [5.41, 5.74) is 1.41. The topological polar surface area (TPSA) is 46.1 Å². The summed E-state index contributed by atoms with van der Waals surface area (Å²) < 4.78 is 1.08. The number of nitrogens with zero attached hydrogens (tertiary/aromatic N) is 3. The molecule has 0 aliphatic rings. The van der Waals surface area contributed by atoms with Crippen molar-refractivity contribution >= 4 is 43.9 Å². The van der Waals surface area contributed by atoms with E-state index in [1.807, 2.05) is 29.6 Å². The molecule has 0 saturated heterocycles. The molecule has 0 N–H and O–H groups in total. The summed E-state index contributed by atoms with van der Waals surface area (Å²) in [6.07, 6.45) is 0. The molecule has 0 spiro atoms. The van der Waals surface area contributed by atoms with Crippen molar-refractivity contribution < 1.29 is 4.79 Å². The smallest absolute Gasteiger partial charge is 0.279 e. The molecule has 0 fully saturated rings. The molecule has 2 aromatic heterocycles. The number of benzene rings is 1. The maximum atomic E-state index is 12.5. The van der Waals surface area contributed by atoms with Gasteiger partial charge in [-0.05, 0) is 12.1 Å². The monoisotopic (exact) mass is 317 g/mol. The molecule has 3 rings (SSSR count). The lowest BCUT2D eigenvalue weighted by Crippen LogP contribution is -2.26. The van der Waals surface area contributed by atoms with Crippen LogP contribution in [-0.2, 0) is 0 Å². The van der Waals surface area contributed by atoms with Crippen LogP contribution < -0.4 is 4.90 Å². The van der Waals surface area contributed by atoms with E-state index >= 15 is 0 Å². The van der Waals surface area contributed by atoms with E-state index < -0.39 is 0 Å². The zero-order valence-corrected chi connectivity index (χ0v) is 13.7. The van der Waals surface area contributed by atoms with Crippen LogP contribution in [0.25, 0.3) is 10.2 Å². The third-order valence-corrected chi connectivity index (χ3v) is 5.37. The molecule has 0 aliphatic carbocycles. The van der Waals surface area contributed by atoms with Gasteiger partial charge in [-0.1, -0.05) is 37.3 Å². The highest BCUT2D eigenvalue weighted by atomic mass is 32.1. The Morgan fingerprint density at radius 1 is 1.24 bits per heavy atom. The Morgan fingerprint density at radius 3 is 2.67 bits per heavy atom. The minimum Gasteiger partial charge on any atom is -0.286 e. The number of rotatable bonds is 3. The molecule has 21 heavy (non-hydrogen) atoms. The van der Waals surface area contributed by atoms with Crippen LogP contribution in [0.1, 0.15) is 35.3 Å². The van der Waals surface area contributed by atoms with Crippen LogP contribution >= 0.6 is 22.7 Å². The van der Waals surface area contributed by atoms with Crippen LogP contribution in [0.15, 0.2) is 29.6 Å². The van der Waals surface area contributed by atoms with E-state index in [1.54, 1.807) is 11.9 Å². The number of thiazole rings is 2. The summed E-state index contributed by atoms with van der Waals surface area (Å²) in [5, 5.41) is 3.50. The van der Waals surface area contributed by atoms with E-state index in [-0.39, 0.29) is 5.91 Å². The van der Waals surface area contributed by atoms with Gasteiger partial charge in [-0.3, -0.25) is 9.69 Å². The van der Waals surface area contributed by atoms with E-state index in [4.69, 9.17) is 0 Å². The first-order valence-electron chi connectivity index (χ1n) is 6.65.